The summed E-state index contributed by atoms with van der Waals surface area (Å²) in [6.45, 7) is 2.43. The number of aliphatic hydroxyl groups is 1. The topological polar surface area (TPSA) is 29.5 Å². The van der Waals surface area contributed by atoms with Crippen LogP contribution in [-0.4, -0.2) is 11.7 Å². The largest absolute Gasteiger partial charge is 0.490 e. The minimum absolute atomic E-state index is 0.105. The molecule has 0 unspecified atom stereocenters. The van der Waals surface area contributed by atoms with Crippen molar-refractivity contribution >= 4 is 0 Å². The first-order valence-corrected chi connectivity index (χ1v) is 10.5. The molecule has 0 aliphatic heterocycles. The molecule has 158 valence electrons. The third kappa shape index (κ3) is 5.33. The van der Waals surface area contributed by atoms with E-state index in [1.54, 1.807) is 24.3 Å². The second-order valence-corrected chi connectivity index (χ2v) is 7.98. The Morgan fingerprint density at radius 1 is 1.00 bits per heavy atom. The van der Waals surface area contributed by atoms with Gasteiger partial charge in [-0.15, -0.1) is 0 Å². The Labute approximate surface area is 170 Å². The Morgan fingerprint density at radius 3 is 2.24 bits per heavy atom. The molecule has 2 aromatic rings. The standard InChI is InChI=1S/C24H29F3O2/c1-2-3-16-4-6-18(7-5-16)15-29-21-13-12-20(22(23(21)25)24(26)27)19-10-8-17(14-28)9-11-19/h8-13,16,18,24,28H,2-7,14-15H2,1H3. The molecule has 2 aromatic carbocycles. The van der Waals surface area contributed by atoms with Crippen LogP contribution in [0.1, 0.15) is 63.0 Å². The smallest absolute Gasteiger partial charge is 0.267 e. The number of hydrogen-bond acceptors (Lipinski definition) is 2. The van der Waals surface area contributed by atoms with Gasteiger partial charge in [-0.05, 0) is 53.5 Å². The zero-order valence-electron chi connectivity index (χ0n) is 16.8. The molecule has 0 atom stereocenters. The number of benzene rings is 2. The quantitative estimate of drug-likeness (QED) is 0.516. The van der Waals surface area contributed by atoms with Crippen LogP contribution in [0.2, 0.25) is 0 Å². The van der Waals surface area contributed by atoms with Crippen molar-refractivity contribution in [1.29, 1.82) is 0 Å². The van der Waals surface area contributed by atoms with Crippen LogP contribution in [0.5, 0.6) is 5.75 Å². The van der Waals surface area contributed by atoms with Gasteiger partial charge in [0.25, 0.3) is 6.43 Å². The highest BCUT2D eigenvalue weighted by Gasteiger charge is 2.25. The molecule has 0 saturated heterocycles. The molecule has 1 saturated carbocycles. The van der Waals surface area contributed by atoms with Crippen molar-refractivity contribution in [3.05, 3.63) is 53.3 Å². The van der Waals surface area contributed by atoms with Crippen LogP contribution < -0.4 is 4.74 Å². The predicted molar refractivity (Wildman–Crippen MR) is 109 cm³/mol. The Kier molecular flexibility index (Phi) is 7.59. The van der Waals surface area contributed by atoms with E-state index in [0.29, 0.717) is 23.7 Å². The van der Waals surface area contributed by atoms with Gasteiger partial charge in [0.1, 0.15) is 0 Å². The van der Waals surface area contributed by atoms with Gasteiger partial charge in [-0.25, -0.2) is 13.2 Å². The van der Waals surface area contributed by atoms with Crippen LogP contribution in [0.4, 0.5) is 13.2 Å². The Balaban J connectivity index is 1.73. The van der Waals surface area contributed by atoms with E-state index in [0.717, 1.165) is 31.6 Å². The van der Waals surface area contributed by atoms with Crippen molar-refractivity contribution < 1.29 is 23.0 Å². The summed E-state index contributed by atoms with van der Waals surface area (Å²) in [7, 11) is 0. The number of alkyl halides is 2. The second kappa shape index (κ2) is 10.1. The molecule has 1 aliphatic carbocycles. The summed E-state index contributed by atoms with van der Waals surface area (Å²) in [4.78, 5) is 0. The summed E-state index contributed by atoms with van der Waals surface area (Å²) in [5.74, 6) is 0.0354. The van der Waals surface area contributed by atoms with Crippen LogP contribution in [-0.2, 0) is 6.61 Å². The lowest BCUT2D eigenvalue weighted by atomic mass is 9.80. The van der Waals surface area contributed by atoms with E-state index in [9.17, 15) is 13.2 Å². The number of ether oxygens (including phenoxy) is 1. The number of halogens is 3. The zero-order valence-corrected chi connectivity index (χ0v) is 16.8. The molecule has 1 N–H and O–H groups in total. The highest BCUT2D eigenvalue weighted by atomic mass is 19.3. The predicted octanol–water partition coefficient (Wildman–Crippen LogP) is 6.91. The average Bonchev–Trinajstić information content (AvgIpc) is 2.73. The van der Waals surface area contributed by atoms with Crippen molar-refractivity contribution in [3.63, 3.8) is 0 Å². The lowest BCUT2D eigenvalue weighted by Gasteiger charge is -2.28. The SMILES string of the molecule is CCCC1CCC(COc2ccc(-c3ccc(CO)cc3)c(C(F)F)c2F)CC1. The maximum atomic E-state index is 14.9. The van der Waals surface area contributed by atoms with Crippen molar-refractivity contribution in [2.45, 2.75) is 58.5 Å². The summed E-state index contributed by atoms with van der Waals surface area (Å²) in [6.07, 6.45) is 3.91. The molecule has 0 radical (unpaired) electrons. The van der Waals surface area contributed by atoms with Crippen molar-refractivity contribution in [3.8, 4) is 16.9 Å². The molecular formula is C24H29F3O2. The molecule has 0 amide bonds. The molecule has 29 heavy (non-hydrogen) atoms. The lowest BCUT2D eigenvalue weighted by Crippen LogP contribution is -2.20. The minimum atomic E-state index is -2.95. The highest BCUT2D eigenvalue weighted by Crippen LogP contribution is 2.38. The Morgan fingerprint density at radius 2 is 1.66 bits per heavy atom. The van der Waals surface area contributed by atoms with Gasteiger partial charge in [0.05, 0.1) is 18.8 Å². The van der Waals surface area contributed by atoms with Gasteiger partial charge in [0.2, 0.25) is 0 Å². The van der Waals surface area contributed by atoms with Crippen LogP contribution in [0.3, 0.4) is 0 Å². The molecule has 0 aromatic heterocycles. The van der Waals surface area contributed by atoms with Gasteiger partial charge in [-0.3, -0.25) is 0 Å². The third-order valence-electron chi connectivity index (χ3n) is 5.95. The van der Waals surface area contributed by atoms with E-state index in [-0.39, 0.29) is 17.9 Å². The van der Waals surface area contributed by atoms with E-state index in [1.807, 2.05) is 0 Å². The van der Waals surface area contributed by atoms with Crippen molar-refractivity contribution in [2.75, 3.05) is 6.61 Å². The van der Waals surface area contributed by atoms with E-state index >= 15 is 0 Å². The maximum Gasteiger partial charge on any atom is 0.267 e. The summed E-state index contributed by atoms with van der Waals surface area (Å²) < 4.78 is 47.9. The monoisotopic (exact) mass is 406 g/mol. The third-order valence-corrected chi connectivity index (χ3v) is 5.95. The summed E-state index contributed by atoms with van der Waals surface area (Å²) in [5.41, 5.74) is 0.666. The average molecular weight is 406 g/mol. The normalized spacial score (nSPS) is 19.5. The first-order chi connectivity index (χ1) is 14.0. The molecule has 1 fully saturated rings. The van der Waals surface area contributed by atoms with E-state index in [4.69, 9.17) is 9.84 Å². The van der Waals surface area contributed by atoms with Gasteiger partial charge in [0.15, 0.2) is 11.6 Å². The molecule has 0 bridgehead atoms. The van der Waals surface area contributed by atoms with Crippen LogP contribution in [0.25, 0.3) is 11.1 Å². The van der Waals surface area contributed by atoms with Gasteiger partial charge < -0.3 is 9.84 Å². The minimum Gasteiger partial charge on any atom is -0.490 e. The summed E-state index contributed by atoms with van der Waals surface area (Å²) >= 11 is 0. The number of hydrogen-bond donors (Lipinski definition) is 1. The summed E-state index contributed by atoms with van der Waals surface area (Å²) in [6, 6.07) is 9.44. The molecule has 5 heteroatoms. The molecule has 0 spiro atoms. The van der Waals surface area contributed by atoms with Crippen LogP contribution in [0.15, 0.2) is 36.4 Å². The molecule has 3 rings (SSSR count). The summed E-state index contributed by atoms with van der Waals surface area (Å²) in [5, 5.41) is 9.13. The first kappa shape index (κ1) is 21.7. The van der Waals surface area contributed by atoms with Gasteiger partial charge in [0, 0.05) is 0 Å². The van der Waals surface area contributed by atoms with Crippen LogP contribution >= 0.6 is 0 Å². The maximum absolute atomic E-state index is 14.9. The Bertz CT molecular complexity index is 781. The fourth-order valence-electron chi connectivity index (χ4n) is 4.24. The molecular weight excluding hydrogens is 377 g/mol. The van der Waals surface area contributed by atoms with E-state index in [2.05, 4.69) is 6.92 Å². The Hall–Kier alpha value is -2.01. The number of rotatable bonds is 8. The molecule has 0 heterocycles. The van der Waals surface area contributed by atoms with E-state index in [1.165, 1.54) is 25.0 Å². The second-order valence-electron chi connectivity index (χ2n) is 7.98. The van der Waals surface area contributed by atoms with Crippen LogP contribution in [0, 0.1) is 17.7 Å². The molecule has 1 aliphatic rings. The highest BCUT2D eigenvalue weighted by molar-refractivity contribution is 5.69. The van der Waals surface area contributed by atoms with Gasteiger partial charge in [-0.2, -0.15) is 0 Å². The fourth-order valence-corrected chi connectivity index (χ4v) is 4.24. The van der Waals surface area contributed by atoms with Crippen molar-refractivity contribution in [1.82, 2.24) is 0 Å². The van der Waals surface area contributed by atoms with Crippen molar-refractivity contribution in [2.24, 2.45) is 11.8 Å². The fraction of sp³-hybridized carbons (Fsp3) is 0.500. The number of aliphatic hydroxyl groups excluding tert-OH is 1. The van der Waals surface area contributed by atoms with Gasteiger partial charge in [-0.1, -0.05) is 56.9 Å². The van der Waals surface area contributed by atoms with Gasteiger partial charge >= 0.3 is 0 Å². The van der Waals surface area contributed by atoms with E-state index < -0.39 is 17.8 Å². The molecule has 2 nitrogen and oxygen atoms in total. The first-order valence-electron chi connectivity index (χ1n) is 10.5. The lowest BCUT2D eigenvalue weighted by molar-refractivity contribution is 0.143. The zero-order chi connectivity index (χ0) is 20.8.